The number of hydrogen-bond acceptors (Lipinski definition) is 5. The van der Waals surface area contributed by atoms with Crippen molar-refractivity contribution in [2.24, 2.45) is 5.73 Å². The molecular weight excluding hydrogens is 314 g/mol. The molecule has 1 aromatic heterocycles. The molecule has 0 saturated carbocycles. The van der Waals surface area contributed by atoms with E-state index in [1.807, 2.05) is 50.2 Å². The fourth-order valence-electron chi connectivity index (χ4n) is 3.04. The van der Waals surface area contributed by atoms with Crippen molar-refractivity contribution in [1.29, 1.82) is 0 Å². The molecule has 2 aromatic carbocycles. The second-order valence-electron chi connectivity index (χ2n) is 6.06. The van der Waals surface area contributed by atoms with E-state index in [4.69, 9.17) is 25.2 Å². The molecule has 126 valence electrons. The summed E-state index contributed by atoms with van der Waals surface area (Å²) < 4.78 is 10.8. The van der Waals surface area contributed by atoms with Gasteiger partial charge < -0.3 is 15.2 Å². The van der Waals surface area contributed by atoms with Gasteiger partial charge in [0.1, 0.15) is 0 Å². The van der Waals surface area contributed by atoms with E-state index in [0.717, 1.165) is 51.0 Å². The van der Waals surface area contributed by atoms with Gasteiger partial charge in [0, 0.05) is 17.7 Å². The number of nitrogens with two attached hydrogens (primary N) is 1. The Morgan fingerprint density at radius 1 is 0.880 bits per heavy atom. The van der Waals surface area contributed by atoms with E-state index >= 15 is 0 Å². The number of ether oxygens (including phenoxy) is 2. The highest BCUT2D eigenvalue weighted by molar-refractivity contribution is 5.70. The highest BCUT2D eigenvalue weighted by atomic mass is 16.7. The van der Waals surface area contributed by atoms with Crippen LogP contribution in [-0.2, 0) is 6.54 Å². The predicted octanol–water partition coefficient (Wildman–Crippen LogP) is 3.61. The van der Waals surface area contributed by atoms with Crippen LogP contribution in [0.2, 0.25) is 0 Å². The van der Waals surface area contributed by atoms with Gasteiger partial charge >= 0.3 is 0 Å². The largest absolute Gasteiger partial charge is 0.454 e. The zero-order valence-electron chi connectivity index (χ0n) is 14.2. The molecule has 2 N–H and O–H groups in total. The molecule has 0 saturated heterocycles. The monoisotopic (exact) mass is 333 g/mol. The second-order valence-corrected chi connectivity index (χ2v) is 6.06. The van der Waals surface area contributed by atoms with Crippen LogP contribution in [0.15, 0.2) is 42.5 Å². The summed E-state index contributed by atoms with van der Waals surface area (Å²) in [5, 5.41) is 0. The van der Waals surface area contributed by atoms with Crippen molar-refractivity contribution < 1.29 is 9.47 Å². The maximum atomic E-state index is 5.75. The van der Waals surface area contributed by atoms with Crippen molar-refractivity contribution in [3.05, 3.63) is 59.4 Å². The maximum absolute atomic E-state index is 5.75. The second kappa shape index (κ2) is 6.18. The summed E-state index contributed by atoms with van der Waals surface area (Å²) in [6.07, 6.45) is 0. The summed E-state index contributed by atoms with van der Waals surface area (Å²) in [4.78, 5) is 9.62. The number of aromatic nitrogens is 2. The number of benzene rings is 2. The van der Waals surface area contributed by atoms with Gasteiger partial charge in [-0.05, 0) is 43.7 Å². The van der Waals surface area contributed by atoms with E-state index < -0.39 is 0 Å². The molecule has 0 unspecified atom stereocenters. The lowest BCUT2D eigenvalue weighted by molar-refractivity contribution is 0.174. The van der Waals surface area contributed by atoms with Crippen LogP contribution in [0, 0.1) is 13.8 Å². The average molecular weight is 333 g/mol. The van der Waals surface area contributed by atoms with Crippen molar-refractivity contribution in [1.82, 2.24) is 9.97 Å². The quantitative estimate of drug-likeness (QED) is 0.793. The SMILES string of the molecule is Cc1nc(-c2ccc3c(c2)OCO3)c(C)nc1-c1cccc(CN)c1. The highest BCUT2D eigenvalue weighted by Gasteiger charge is 2.17. The molecule has 0 radical (unpaired) electrons. The van der Waals surface area contributed by atoms with E-state index in [1.54, 1.807) is 0 Å². The van der Waals surface area contributed by atoms with Crippen LogP contribution in [-0.4, -0.2) is 16.8 Å². The summed E-state index contributed by atoms with van der Waals surface area (Å²) in [7, 11) is 0. The van der Waals surface area contributed by atoms with Gasteiger partial charge in [0.25, 0.3) is 0 Å². The van der Waals surface area contributed by atoms with Gasteiger partial charge in [-0.15, -0.1) is 0 Å². The third kappa shape index (κ3) is 2.83. The summed E-state index contributed by atoms with van der Waals surface area (Å²) in [6, 6.07) is 14.0. The van der Waals surface area contributed by atoms with Gasteiger partial charge in [0.2, 0.25) is 6.79 Å². The molecule has 1 aliphatic heterocycles. The Morgan fingerprint density at radius 3 is 2.28 bits per heavy atom. The molecule has 5 heteroatoms. The van der Waals surface area contributed by atoms with Crippen molar-refractivity contribution in [2.45, 2.75) is 20.4 Å². The Balaban J connectivity index is 1.78. The molecule has 0 aliphatic carbocycles. The number of fused-ring (bicyclic) bond motifs is 1. The molecule has 25 heavy (non-hydrogen) atoms. The first kappa shape index (κ1) is 15.6. The summed E-state index contributed by atoms with van der Waals surface area (Å²) >= 11 is 0. The zero-order chi connectivity index (χ0) is 17.4. The van der Waals surface area contributed by atoms with Crippen LogP contribution >= 0.6 is 0 Å². The molecule has 0 spiro atoms. The van der Waals surface area contributed by atoms with Gasteiger partial charge in [0.05, 0.1) is 22.8 Å². The zero-order valence-corrected chi connectivity index (χ0v) is 14.2. The number of aryl methyl sites for hydroxylation is 2. The van der Waals surface area contributed by atoms with Crippen molar-refractivity contribution in [3.63, 3.8) is 0 Å². The van der Waals surface area contributed by atoms with Crippen LogP contribution in [0.4, 0.5) is 0 Å². The molecule has 3 aromatic rings. The number of nitrogens with zero attached hydrogens (tertiary/aromatic N) is 2. The molecule has 0 amide bonds. The summed E-state index contributed by atoms with van der Waals surface area (Å²) in [6.45, 7) is 4.73. The molecule has 1 aliphatic rings. The van der Waals surface area contributed by atoms with Gasteiger partial charge in [-0.3, -0.25) is 0 Å². The molecular formula is C20H19N3O2. The van der Waals surface area contributed by atoms with E-state index in [-0.39, 0.29) is 6.79 Å². The lowest BCUT2D eigenvalue weighted by atomic mass is 10.0. The van der Waals surface area contributed by atoms with Crippen molar-refractivity contribution in [2.75, 3.05) is 6.79 Å². The molecule has 0 atom stereocenters. The highest BCUT2D eigenvalue weighted by Crippen LogP contribution is 2.36. The third-order valence-corrected chi connectivity index (χ3v) is 4.33. The minimum Gasteiger partial charge on any atom is -0.454 e. The van der Waals surface area contributed by atoms with Crippen LogP contribution in [0.1, 0.15) is 17.0 Å². The standard InChI is InChI=1S/C20H19N3O2/c1-12-19(15-5-3-4-14(8-15)10-21)22-13(2)20(23-12)16-6-7-17-18(9-16)25-11-24-17/h3-9H,10-11,21H2,1-2H3. The molecule has 5 nitrogen and oxygen atoms in total. The first-order valence-electron chi connectivity index (χ1n) is 8.20. The van der Waals surface area contributed by atoms with Gasteiger partial charge in [-0.2, -0.15) is 0 Å². The maximum Gasteiger partial charge on any atom is 0.231 e. The Labute approximate surface area is 146 Å². The molecule has 4 rings (SSSR count). The fraction of sp³-hybridized carbons (Fsp3) is 0.200. The Kier molecular flexibility index (Phi) is 3.86. The Hall–Kier alpha value is -2.92. The van der Waals surface area contributed by atoms with E-state index in [9.17, 15) is 0 Å². The van der Waals surface area contributed by atoms with Gasteiger partial charge in [-0.25, -0.2) is 9.97 Å². The van der Waals surface area contributed by atoms with Crippen LogP contribution in [0.5, 0.6) is 11.5 Å². The number of hydrogen-bond donors (Lipinski definition) is 1. The predicted molar refractivity (Wildman–Crippen MR) is 96.4 cm³/mol. The van der Waals surface area contributed by atoms with Crippen molar-refractivity contribution in [3.8, 4) is 34.0 Å². The van der Waals surface area contributed by atoms with E-state index in [1.165, 1.54) is 0 Å². The number of rotatable bonds is 3. The lowest BCUT2D eigenvalue weighted by Crippen LogP contribution is -2.01. The topological polar surface area (TPSA) is 70.3 Å². The summed E-state index contributed by atoms with van der Waals surface area (Å²) in [5.41, 5.74) is 12.3. The normalized spacial score (nSPS) is 12.4. The average Bonchev–Trinajstić information content (AvgIpc) is 3.11. The van der Waals surface area contributed by atoms with Crippen LogP contribution in [0.25, 0.3) is 22.5 Å². The van der Waals surface area contributed by atoms with E-state index in [2.05, 4.69) is 6.07 Å². The Bertz CT molecular complexity index is 954. The first-order valence-corrected chi connectivity index (χ1v) is 8.20. The van der Waals surface area contributed by atoms with E-state index in [0.29, 0.717) is 6.54 Å². The van der Waals surface area contributed by atoms with Crippen LogP contribution < -0.4 is 15.2 Å². The minimum atomic E-state index is 0.263. The molecule has 2 heterocycles. The fourth-order valence-corrected chi connectivity index (χ4v) is 3.04. The molecule has 0 bridgehead atoms. The van der Waals surface area contributed by atoms with Gasteiger partial charge in [-0.1, -0.05) is 18.2 Å². The lowest BCUT2D eigenvalue weighted by Gasteiger charge is -2.12. The molecule has 0 fully saturated rings. The first-order chi connectivity index (χ1) is 12.2. The Morgan fingerprint density at radius 2 is 1.56 bits per heavy atom. The van der Waals surface area contributed by atoms with Crippen molar-refractivity contribution >= 4 is 0 Å². The van der Waals surface area contributed by atoms with Gasteiger partial charge in [0.15, 0.2) is 11.5 Å². The summed E-state index contributed by atoms with van der Waals surface area (Å²) in [5.74, 6) is 1.51. The smallest absolute Gasteiger partial charge is 0.231 e. The minimum absolute atomic E-state index is 0.263. The third-order valence-electron chi connectivity index (χ3n) is 4.33. The van der Waals surface area contributed by atoms with Crippen LogP contribution in [0.3, 0.4) is 0 Å².